The normalized spacial score (nSPS) is 17.7. The van der Waals surface area contributed by atoms with E-state index in [4.69, 9.17) is 5.73 Å². The van der Waals surface area contributed by atoms with Crippen LogP contribution in [0.15, 0.2) is 18.2 Å². The Hall–Kier alpha value is -0.930. The quantitative estimate of drug-likeness (QED) is 0.844. The fourth-order valence-corrected chi connectivity index (χ4v) is 3.04. The van der Waals surface area contributed by atoms with E-state index in [-0.39, 0.29) is 5.82 Å². The number of halogens is 1. The Bertz CT molecular complexity index is 398. The van der Waals surface area contributed by atoms with E-state index < -0.39 is 0 Å². The molecule has 0 saturated heterocycles. The van der Waals surface area contributed by atoms with E-state index in [2.05, 4.69) is 11.9 Å². The minimum Gasteiger partial charge on any atom is -0.326 e. The number of hydrogen-bond acceptors (Lipinski definition) is 2. The van der Waals surface area contributed by atoms with Crippen LogP contribution in [0.5, 0.6) is 0 Å². The zero-order chi connectivity index (χ0) is 13.7. The molecule has 3 heteroatoms. The maximum absolute atomic E-state index is 13.5. The Balaban J connectivity index is 2.00. The van der Waals surface area contributed by atoms with Gasteiger partial charge in [-0.05, 0) is 43.1 Å². The lowest BCUT2D eigenvalue weighted by atomic mass is 10.1. The number of rotatable bonds is 4. The highest BCUT2D eigenvalue weighted by atomic mass is 19.1. The summed E-state index contributed by atoms with van der Waals surface area (Å²) < 4.78 is 13.5. The maximum Gasteiger partial charge on any atom is 0.123 e. The third-order valence-corrected chi connectivity index (χ3v) is 4.13. The zero-order valence-electron chi connectivity index (χ0n) is 11.9. The summed E-state index contributed by atoms with van der Waals surface area (Å²) in [4.78, 5) is 2.38. The predicted molar refractivity (Wildman–Crippen MR) is 77.2 cm³/mol. The number of hydrogen-bond donors (Lipinski definition) is 1. The van der Waals surface area contributed by atoms with Gasteiger partial charge >= 0.3 is 0 Å². The van der Waals surface area contributed by atoms with Crippen LogP contribution in [0.25, 0.3) is 0 Å². The summed E-state index contributed by atoms with van der Waals surface area (Å²) in [5.74, 6) is -0.174. The standard InChI is InChI=1S/C16H25FN2/c1-19(16-6-4-2-3-5-7-16)12-14-8-13(11-18)9-15(17)10-14/h8-10,16H,2-7,11-12,18H2,1H3. The molecule has 106 valence electrons. The van der Waals surface area contributed by atoms with Crippen molar-refractivity contribution < 1.29 is 4.39 Å². The Labute approximate surface area is 115 Å². The molecule has 2 nitrogen and oxygen atoms in total. The molecule has 0 atom stereocenters. The van der Waals surface area contributed by atoms with Crippen LogP contribution >= 0.6 is 0 Å². The van der Waals surface area contributed by atoms with Gasteiger partial charge in [-0.3, -0.25) is 4.90 Å². The predicted octanol–water partition coefficient (Wildman–Crippen LogP) is 3.44. The molecule has 2 rings (SSSR count). The van der Waals surface area contributed by atoms with Gasteiger partial charge in [-0.25, -0.2) is 4.39 Å². The summed E-state index contributed by atoms with van der Waals surface area (Å²) in [5, 5.41) is 0. The van der Waals surface area contributed by atoms with Crippen LogP contribution in [0.3, 0.4) is 0 Å². The topological polar surface area (TPSA) is 29.3 Å². The van der Waals surface area contributed by atoms with Crippen molar-refractivity contribution in [3.63, 3.8) is 0 Å². The summed E-state index contributed by atoms with van der Waals surface area (Å²) in [5.41, 5.74) is 7.51. The van der Waals surface area contributed by atoms with Gasteiger partial charge in [0.25, 0.3) is 0 Å². The molecule has 0 aliphatic heterocycles. The molecule has 1 saturated carbocycles. The van der Waals surface area contributed by atoms with Crippen LogP contribution in [-0.4, -0.2) is 18.0 Å². The summed E-state index contributed by atoms with van der Waals surface area (Å²) in [7, 11) is 2.16. The van der Waals surface area contributed by atoms with Crippen molar-refractivity contribution in [3.8, 4) is 0 Å². The van der Waals surface area contributed by atoms with E-state index >= 15 is 0 Å². The van der Waals surface area contributed by atoms with Gasteiger partial charge in [0, 0.05) is 19.1 Å². The van der Waals surface area contributed by atoms with Gasteiger partial charge in [-0.1, -0.05) is 31.7 Å². The lowest BCUT2D eigenvalue weighted by Crippen LogP contribution is -2.30. The Morgan fingerprint density at radius 2 is 1.74 bits per heavy atom. The summed E-state index contributed by atoms with van der Waals surface area (Å²) in [6.07, 6.45) is 7.92. The third kappa shape index (κ3) is 4.29. The van der Waals surface area contributed by atoms with Crippen molar-refractivity contribution in [3.05, 3.63) is 35.1 Å². The van der Waals surface area contributed by atoms with Gasteiger partial charge in [-0.15, -0.1) is 0 Å². The Morgan fingerprint density at radius 1 is 1.11 bits per heavy atom. The van der Waals surface area contributed by atoms with E-state index in [0.29, 0.717) is 12.6 Å². The molecule has 0 heterocycles. The first-order valence-corrected chi connectivity index (χ1v) is 7.37. The highest BCUT2D eigenvalue weighted by molar-refractivity contribution is 5.24. The molecule has 2 N–H and O–H groups in total. The molecule has 0 bridgehead atoms. The zero-order valence-corrected chi connectivity index (χ0v) is 11.9. The van der Waals surface area contributed by atoms with E-state index in [0.717, 1.165) is 17.7 Å². The van der Waals surface area contributed by atoms with Crippen LogP contribution < -0.4 is 5.73 Å². The first-order valence-electron chi connectivity index (χ1n) is 7.37. The van der Waals surface area contributed by atoms with Gasteiger partial charge in [-0.2, -0.15) is 0 Å². The van der Waals surface area contributed by atoms with Crippen LogP contribution in [-0.2, 0) is 13.1 Å². The Morgan fingerprint density at radius 3 is 2.37 bits per heavy atom. The molecule has 0 radical (unpaired) electrons. The average molecular weight is 264 g/mol. The first-order chi connectivity index (χ1) is 9.19. The van der Waals surface area contributed by atoms with Crippen molar-refractivity contribution in [1.29, 1.82) is 0 Å². The molecule has 1 aromatic carbocycles. The van der Waals surface area contributed by atoms with Crippen LogP contribution in [0.1, 0.15) is 49.7 Å². The van der Waals surface area contributed by atoms with Crippen LogP contribution in [0, 0.1) is 5.82 Å². The smallest absolute Gasteiger partial charge is 0.123 e. The van der Waals surface area contributed by atoms with E-state index in [9.17, 15) is 4.39 Å². The van der Waals surface area contributed by atoms with Gasteiger partial charge in [0.1, 0.15) is 5.82 Å². The number of nitrogens with two attached hydrogens (primary N) is 1. The molecule has 1 fully saturated rings. The second kappa shape index (κ2) is 7.01. The molecule has 1 aliphatic carbocycles. The van der Waals surface area contributed by atoms with Crippen molar-refractivity contribution in [2.24, 2.45) is 5.73 Å². The molecule has 19 heavy (non-hydrogen) atoms. The van der Waals surface area contributed by atoms with Gasteiger partial charge in [0.05, 0.1) is 0 Å². The first kappa shape index (κ1) is 14.5. The van der Waals surface area contributed by atoms with Crippen molar-refractivity contribution in [2.75, 3.05) is 7.05 Å². The third-order valence-electron chi connectivity index (χ3n) is 4.13. The lowest BCUT2D eigenvalue weighted by molar-refractivity contribution is 0.213. The molecular weight excluding hydrogens is 239 g/mol. The Kier molecular flexibility index (Phi) is 5.34. The summed E-state index contributed by atoms with van der Waals surface area (Å²) in [6, 6.07) is 5.82. The van der Waals surface area contributed by atoms with Gasteiger partial charge < -0.3 is 5.73 Å². The highest BCUT2D eigenvalue weighted by Gasteiger charge is 2.17. The molecule has 1 aromatic rings. The molecule has 1 aliphatic rings. The largest absolute Gasteiger partial charge is 0.326 e. The van der Waals surface area contributed by atoms with E-state index in [1.165, 1.54) is 44.6 Å². The number of nitrogens with zero attached hydrogens (tertiary/aromatic N) is 1. The molecular formula is C16H25FN2. The molecule has 0 aromatic heterocycles. The monoisotopic (exact) mass is 264 g/mol. The highest BCUT2D eigenvalue weighted by Crippen LogP contribution is 2.22. The maximum atomic E-state index is 13.5. The minimum atomic E-state index is -0.174. The number of benzene rings is 1. The lowest BCUT2D eigenvalue weighted by Gasteiger charge is -2.27. The van der Waals surface area contributed by atoms with Crippen molar-refractivity contribution in [2.45, 2.75) is 57.7 Å². The second-order valence-corrected chi connectivity index (χ2v) is 5.73. The van der Waals surface area contributed by atoms with Gasteiger partial charge in [0.15, 0.2) is 0 Å². The average Bonchev–Trinajstić information content (AvgIpc) is 2.66. The second-order valence-electron chi connectivity index (χ2n) is 5.73. The fraction of sp³-hybridized carbons (Fsp3) is 0.625. The van der Waals surface area contributed by atoms with Crippen molar-refractivity contribution >= 4 is 0 Å². The molecule has 0 unspecified atom stereocenters. The van der Waals surface area contributed by atoms with Crippen LogP contribution in [0.2, 0.25) is 0 Å². The molecule has 0 amide bonds. The van der Waals surface area contributed by atoms with Crippen LogP contribution in [0.4, 0.5) is 4.39 Å². The molecule has 0 spiro atoms. The summed E-state index contributed by atoms with van der Waals surface area (Å²) >= 11 is 0. The minimum absolute atomic E-state index is 0.174. The van der Waals surface area contributed by atoms with E-state index in [1.807, 2.05) is 6.07 Å². The van der Waals surface area contributed by atoms with Crippen molar-refractivity contribution in [1.82, 2.24) is 4.90 Å². The fourth-order valence-electron chi connectivity index (χ4n) is 3.04. The summed E-state index contributed by atoms with van der Waals surface area (Å²) in [6.45, 7) is 1.22. The van der Waals surface area contributed by atoms with Gasteiger partial charge in [0.2, 0.25) is 0 Å². The van der Waals surface area contributed by atoms with E-state index in [1.54, 1.807) is 6.07 Å². The SMILES string of the molecule is CN(Cc1cc(F)cc(CN)c1)C1CCCCCC1.